The van der Waals surface area contributed by atoms with Crippen LogP contribution >= 0.6 is 12.2 Å². The van der Waals surface area contributed by atoms with Gasteiger partial charge in [-0.2, -0.15) is 0 Å². The zero-order valence-corrected chi connectivity index (χ0v) is 12.4. The van der Waals surface area contributed by atoms with Gasteiger partial charge in [-0.25, -0.2) is 4.39 Å². The van der Waals surface area contributed by atoms with Crippen LogP contribution in [0.25, 0.3) is 0 Å². The van der Waals surface area contributed by atoms with Gasteiger partial charge in [-0.05, 0) is 44.2 Å². The molecule has 0 aliphatic carbocycles. The second-order valence-corrected chi connectivity index (χ2v) is 5.72. The minimum Gasteiger partial charge on any atom is -0.389 e. The highest BCUT2D eigenvalue weighted by molar-refractivity contribution is 7.80. The lowest BCUT2D eigenvalue weighted by atomic mass is 10.0. The van der Waals surface area contributed by atoms with Gasteiger partial charge in [0.25, 0.3) is 0 Å². The van der Waals surface area contributed by atoms with Crippen molar-refractivity contribution in [3.8, 4) is 0 Å². The van der Waals surface area contributed by atoms with Crippen molar-refractivity contribution in [3.63, 3.8) is 0 Å². The molecule has 0 aromatic heterocycles. The molecule has 0 fully saturated rings. The summed E-state index contributed by atoms with van der Waals surface area (Å²) in [6.45, 7) is 7.23. The van der Waals surface area contributed by atoms with Crippen LogP contribution in [0.1, 0.15) is 31.9 Å². The summed E-state index contributed by atoms with van der Waals surface area (Å²) in [6, 6.07) is 4.40. The third-order valence-corrected chi connectivity index (χ3v) is 3.00. The van der Waals surface area contributed by atoms with Crippen LogP contribution in [0.5, 0.6) is 0 Å². The largest absolute Gasteiger partial charge is 0.389 e. The number of halogens is 1. The quantitative estimate of drug-likeness (QED) is 0.785. The highest BCUT2D eigenvalue weighted by Crippen LogP contribution is 2.16. The van der Waals surface area contributed by atoms with Gasteiger partial charge in [0, 0.05) is 18.7 Å². The Balaban J connectivity index is 2.96. The number of thiocarbonyl (C=S) groups is 1. The molecule has 0 heterocycles. The van der Waals surface area contributed by atoms with Crippen LogP contribution in [0.2, 0.25) is 0 Å². The van der Waals surface area contributed by atoms with E-state index >= 15 is 0 Å². The summed E-state index contributed by atoms with van der Waals surface area (Å²) in [5, 5.41) is 9.86. The number of aliphatic hydroxyl groups is 1. The predicted octanol–water partition coefficient (Wildman–Crippen LogP) is 2.05. The first-order valence-electron chi connectivity index (χ1n) is 6.26. The van der Waals surface area contributed by atoms with E-state index in [1.165, 1.54) is 12.1 Å². The Morgan fingerprint density at radius 3 is 2.58 bits per heavy atom. The van der Waals surface area contributed by atoms with E-state index < -0.39 is 5.60 Å². The molecule has 0 aliphatic rings. The Bertz CT molecular complexity index is 457. The Morgan fingerprint density at radius 2 is 2.11 bits per heavy atom. The lowest BCUT2D eigenvalue weighted by Gasteiger charge is -2.28. The van der Waals surface area contributed by atoms with Crippen molar-refractivity contribution in [2.24, 2.45) is 5.73 Å². The van der Waals surface area contributed by atoms with Gasteiger partial charge in [0.2, 0.25) is 0 Å². The van der Waals surface area contributed by atoms with E-state index in [9.17, 15) is 9.50 Å². The van der Waals surface area contributed by atoms with Crippen molar-refractivity contribution < 1.29 is 9.50 Å². The van der Waals surface area contributed by atoms with E-state index in [1.54, 1.807) is 19.9 Å². The molecule has 3 nitrogen and oxygen atoms in total. The average Bonchev–Trinajstić information content (AvgIpc) is 2.25. The van der Waals surface area contributed by atoms with Crippen molar-refractivity contribution in [1.82, 2.24) is 4.90 Å². The number of nitrogens with two attached hydrogens (primary N) is 1. The third-order valence-electron chi connectivity index (χ3n) is 2.78. The molecule has 0 bridgehead atoms. The second kappa shape index (κ2) is 6.41. The lowest BCUT2D eigenvalue weighted by molar-refractivity contribution is 0.0353. The number of nitrogens with zero attached hydrogens (tertiary/aromatic N) is 1. The molecule has 1 aromatic rings. The molecule has 0 amide bonds. The normalized spacial score (nSPS) is 11.9. The molecule has 106 valence electrons. The molecular formula is C14H21FN2OS. The van der Waals surface area contributed by atoms with Crippen LogP contribution in [-0.2, 0) is 6.54 Å². The Morgan fingerprint density at radius 1 is 1.47 bits per heavy atom. The first kappa shape index (κ1) is 16.0. The maximum Gasteiger partial charge on any atom is 0.123 e. The van der Waals surface area contributed by atoms with Crippen LogP contribution < -0.4 is 5.73 Å². The molecule has 0 radical (unpaired) electrons. The maximum atomic E-state index is 13.4. The molecule has 1 rings (SSSR count). The van der Waals surface area contributed by atoms with Gasteiger partial charge >= 0.3 is 0 Å². The summed E-state index contributed by atoms with van der Waals surface area (Å²) >= 11 is 4.98. The lowest BCUT2D eigenvalue weighted by Crippen LogP contribution is -2.38. The summed E-state index contributed by atoms with van der Waals surface area (Å²) in [5.74, 6) is -0.311. The van der Waals surface area contributed by atoms with Gasteiger partial charge in [-0.1, -0.05) is 19.1 Å². The zero-order valence-electron chi connectivity index (χ0n) is 11.6. The molecule has 1 aromatic carbocycles. The molecule has 5 heteroatoms. The zero-order chi connectivity index (χ0) is 14.6. The fourth-order valence-corrected chi connectivity index (χ4v) is 2.20. The van der Waals surface area contributed by atoms with Crippen molar-refractivity contribution >= 4 is 17.2 Å². The Hall–Kier alpha value is -1.04. The van der Waals surface area contributed by atoms with E-state index in [-0.39, 0.29) is 10.8 Å². The van der Waals surface area contributed by atoms with Crippen LogP contribution in [0.15, 0.2) is 18.2 Å². The minimum absolute atomic E-state index is 0.259. The molecule has 19 heavy (non-hydrogen) atoms. The number of likely N-dealkylation sites (N-methyl/N-ethyl adjacent to an activating group) is 1. The number of hydrogen-bond donors (Lipinski definition) is 2. The van der Waals surface area contributed by atoms with Gasteiger partial charge in [0.15, 0.2) is 0 Å². The van der Waals surface area contributed by atoms with Crippen molar-refractivity contribution in [2.75, 3.05) is 13.1 Å². The SMILES string of the molecule is CCN(Cc1cc(F)ccc1C(N)=S)CC(C)(C)O. The van der Waals surface area contributed by atoms with Crippen molar-refractivity contribution in [2.45, 2.75) is 32.9 Å². The number of hydrogen-bond acceptors (Lipinski definition) is 3. The van der Waals surface area contributed by atoms with Crippen molar-refractivity contribution in [1.29, 1.82) is 0 Å². The molecule has 0 saturated heterocycles. The fraction of sp³-hybridized carbons (Fsp3) is 0.500. The molecule has 3 N–H and O–H groups in total. The second-order valence-electron chi connectivity index (χ2n) is 5.28. The fourth-order valence-electron chi connectivity index (χ4n) is 2.00. The highest BCUT2D eigenvalue weighted by atomic mass is 32.1. The summed E-state index contributed by atoms with van der Waals surface area (Å²) in [5.41, 5.74) is 6.29. The topological polar surface area (TPSA) is 49.5 Å². The number of benzene rings is 1. The smallest absolute Gasteiger partial charge is 0.123 e. The van der Waals surface area contributed by atoms with Gasteiger partial charge in [0.05, 0.1) is 5.60 Å². The molecule has 0 spiro atoms. The molecule has 0 atom stereocenters. The van der Waals surface area contributed by atoms with Crippen LogP contribution in [0, 0.1) is 5.82 Å². The third kappa shape index (κ3) is 5.22. The standard InChI is InChI=1S/C14H21FN2OS/c1-4-17(9-14(2,3)18)8-10-7-11(15)5-6-12(10)13(16)19/h5-7,18H,4,8-9H2,1-3H3,(H2,16,19). The monoisotopic (exact) mass is 284 g/mol. The summed E-state index contributed by atoms with van der Waals surface area (Å²) in [7, 11) is 0. The molecule has 0 saturated carbocycles. The summed E-state index contributed by atoms with van der Waals surface area (Å²) in [4.78, 5) is 2.28. The van der Waals surface area contributed by atoms with E-state index in [4.69, 9.17) is 18.0 Å². The predicted molar refractivity (Wildman–Crippen MR) is 79.5 cm³/mol. The maximum absolute atomic E-state index is 13.4. The van der Waals surface area contributed by atoms with Crippen LogP contribution in [0.4, 0.5) is 4.39 Å². The van der Waals surface area contributed by atoms with E-state index in [0.717, 1.165) is 12.1 Å². The average molecular weight is 284 g/mol. The van der Waals surface area contributed by atoms with E-state index in [0.29, 0.717) is 18.7 Å². The first-order valence-corrected chi connectivity index (χ1v) is 6.66. The molecule has 0 unspecified atom stereocenters. The van der Waals surface area contributed by atoms with E-state index in [2.05, 4.69) is 0 Å². The van der Waals surface area contributed by atoms with Crippen molar-refractivity contribution in [3.05, 3.63) is 35.1 Å². The first-order chi connectivity index (χ1) is 8.73. The van der Waals surface area contributed by atoms with Gasteiger partial charge < -0.3 is 10.8 Å². The van der Waals surface area contributed by atoms with Gasteiger partial charge in [-0.15, -0.1) is 0 Å². The molecule has 0 aliphatic heterocycles. The number of rotatable bonds is 6. The summed E-state index contributed by atoms with van der Waals surface area (Å²) < 4.78 is 13.4. The van der Waals surface area contributed by atoms with Crippen LogP contribution in [0.3, 0.4) is 0 Å². The van der Waals surface area contributed by atoms with Crippen LogP contribution in [-0.4, -0.2) is 33.7 Å². The van der Waals surface area contributed by atoms with Gasteiger partial charge in [-0.3, -0.25) is 4.90 Å². The Labute approximate surface area is 119 Å². The molecular weight excluding hydrogens is 263 g/mol. The Kier molecular flexibility index (Phi) is 5.40. The minimum atomic E-state index is -0.799. The van der Waals surface area contributed by atoms with E-state index in [1.807, 2.05) is 11.8 Å². The summed E-state index contributed by atoms with van der Waals surface area (Å²) in [6.07, 6.45) is 0. The van der Waals surface area contributed by atoms with Gasteiger partial charge in [0.1, 0.15) is 10.8 Å². The highest BCUT2D eigenvalue weighted by Gasteiger charge is 2.18.